The number of H-pyrrole nitrogens is 4. The maximum Gasteiger partial charge on any atom is 0.417 e. The van der Waals surface area contributed by atoms with Gasteiger partial charge in [-0.1, -0.05) is 116 Å². The number of sulfonamides is 4. The summed E-state index contributed by atoms with van der Waals surface area (Å²) < 4.78 is 311. The van der Waals surface area contributed by atoms with E-state index in [1.165, 1.54) is 122 Å². The van der Waals surface area contributed by atoms with E-state index in [1.807, 2.05) is 0 Å². The number of nitrogens with one attached hydrogen (secondary N) is 5. The van der Waals surface area contributed by atoms with E-state index in [0.717, 1.165) is 90.7 Å². The lowest BCUT2D eigenvalue weighted by molar-refractivity contribution is -0.139. The first-order chi connectivity index (χ1) is 68.3. The topological polar surface area (TPSA) is 485 Å². The second-order valence-corrected chi connectivity index (χ2v) is 40.2. The molecule has 57 heteroatoms. The van der Waals surface area contributed by atoms with Crippen LogP contribution in [0.4, 0.5) is 75.4 Å². The van der Waals surface area contributed by atoms with E-state index in [0.29, 0.717) is 49.7 Å². The number of pyridine rings is 4. The van der Waals surface area contributed by atoms with Crippen LogP contribution >= 0.6 is 74.7 Å². The van der Waals surface area contributed by atoms with Gasteiger partial charge >= 0.3 is 47.7 Å². The van der Waals surface area contributed by atoms with E-state index < -0.39 is 179 Å². The Hall–Kier alpha value is -13.5. The number of aryl methyl sites for hydroxylation is 4. The predicted molar refractivity (Wildman–Crippen MR) is 530 cm³/mol. The maximum absolute atomic E-state index is 13.6. The number of oxazole rings is 4. The number of rotatable bonds is 25. The number of ketones is 2. The highest BCUT2D eigenvalue weighted by molar-refractivity contribution is 9.10. The highest BCUT2D eigenvalue weighted by atomic mass is 79.9. The number of carbonyl (C=O) groups is 2. The molecule has 6 N–H and O–H groups in total. The van der Waals surface area contributed by atoms with Crippen molar-refractivity contribution in [2.45, 2.75) is 92.9 Å². The van der Waals surface area contributed by atoms with Crippen LogP contribution in [-0.4, -0.2) is 139 Å². The Balaban J connectivity index is 0.000000212. The number of aromatic amines is 4. The second kappa shape index (κ2) is 47.6. The molecule has 8 aromatic carbocycles. The van der Waals surface area contributed by atoms with Crippen molar-refractivity contribution in [3.63, 3.8) is 0 Å². The van der Waals surface area contributed by atoms with E-state index >= 15 is 0 Å². The van der Waals surface area contributed by atoms with Gasteiger partial charge in [0, 0.05) is 51.7 Å². The minimum atomic E-state index is -4.81. The van der Waals surface area contributed by atoms with Crippen molar-refractivity contribution in [1.29, 1.82) is 0 Å². The van der Waals surface area contributed by atoms with Crippen molar-refractivity contribution in [1.82, 2.24) is 39.9 Å². The minimum absolute atomic E-state index is 0. The second-order valence-electron chi connectivity index (χ2n) is 30.5. The summed E-state index contributed by atoms with van der Waals surface area (Å²) >= 11 is 27.1. The number of hydrogen-bond donors (Lipinski definition) is 6. The van der Waals surface area contributed by atoms with Gasteiger partial charge in [0.15, 0.2) is 28.1 Å². The van der Waals surface area contributed by atoms with Crippen LogP contribution in [-0.2, 0) is 79.0 Å². The van der Waals surface area contributed by atoms with Crippen molar-refractivity contribution in [2.75, 3.05) is 66.3 Å². The van der Waals surface area contributed by atoms with Crippen molar-refractivity contribution in [3.05, 3.63) is 340 Å². The van der Waals surface area contributed by atoms with E-state index in [9.17, 15) is 120 Å². The Morgan fingerprint density at radius 1 is 0.416 bits per heavy atom. The standard InChI is InChI=1S/C23H19ClF3N3O6S.C23H17ClF3N3O6S.C21H13ClF3N3O5S.C15H13BrClF3N2O3S.C8H7NO3.2CH4.ClH/c2*1-12-6-7-14(9-16(12)23(25,26)27)37(33,34)30(11-35-2)18-8-13(24)10-28-19(18)20(31)15-4-3-5-17-21(15)36-22(32)29-17;1-10-5-6-12(8-14(10)21(23,24)25)34(31,32)28-16-7-11(22)9-26-17(16)18(29)13-3-2-4-15-19(13)33-20(30)27-15;1-9-3-4-11(6-12(9)15(18,19)20)26(23,24)22(8-25-2)13-5-10(17)7-21-14(13)16;1-11-6-4-2-3-5-7(6)12-8(10)9-5;;;/h3-10,20,31H,11H2,1-2H3,(H,29,32);3-10H,11H2,1-2H3,(H,29,32);2-9,28H,1H3,(H,27,30);3-7H,8H2,1-2H3;2-4H,1H3,(H,9,10);2*1H4;1H. The number of anilines is 4. The fourth-order valence-electron chi connectivity index (χ4n) is 14.0. The molecule has 794 valence electrons. The van der Waals surface area contributed by atoms with Crippen LogP contribution in [0.1, 0.15) is 109 Å². The summed E-state index contributed by atoms with van der Waals surface area (Å²) in [5, 5.41) is 11.2. The molecule has 35 nitrogen and oxygen atoms in total. The molecule has 0 spiro atoms. The first-order valence-corrected chi connectivity index (χ1v) is 48.8. The molecule has 0 saturated heterocycles. The number of alkyl halides is 12. The molecule has 1 unspecified atom stereocenters. The SMILES string of the molecule is C.C.COCN(c1cc(Cl)cnc1Br)S(=O)(=O)c1ccc(C)c(C(F)(F)F)c1.COCN(c1cc(Cl)cnc1C(=O)c1cccc2[nH]c(=O)oc12)S(=O)(=O)c1ccc(C)c(C(F)(F)F)c1.COCN(c1cc(Cl)cnc1C(O)c1cccc2[nH]c(=O)oc12)S(=O)(=O)c1ccc(C)c(C(F)(F)F)c1.COc1cccc2[nH]c(=O)oc12.Cc1ccc(S(=O)(=O)Nc2cc(Cl)cnc2C(=O)c2cccc3[nH]c(=O)oc23)cc1C(F)(F)F.Cl. The highest BCUT2D eigenvalue weighted by Gasteiger charge is 2.42. The summed E-state index contributed by atoms with van der Waals surface area (Å²) in [5.74, 6) is -3.95. The average molecular weight is 2330 g/mol. The zero-order valence-electron chi connectivity index (χ0n) is 75.7. The molecule has 1 atom stereocenters. The van der Waals surface area contributed by atoms with Crippen molar-refractivity contribution in [2.24, 2.45) is 0 Å². The number of nitrogens with zero attached hydrogens (tertiary/aromatic N) is 7. The van der Waals surface area contributed by atoms with Crippen LogP contribution in [0.15, 0.2) is 256 Å². The third-order valence-corrected chi connectivity index (χ3v) is 28.7. The van der Waals surface area contributed by atoms with Crippen LogP contribution < -0.4 is 45.4 Å². The van der Waals surface area contributed by atoms with Crippen LogP contribution in [0, 0.1) is 27.7 Å². The van der Waals surface area contributed by atoms with Crippen LogP contribution in [0.5, 0.6) is 5.75 Å². The number of halogens is 18. The maximum atomic E-state index is 13.6. The molecule has 0 aliphatic heterocycles. The molecule has 0 bridgehead atoms. The smallest absolute Gasteiger partial charge is 0.417 e. The number of benzene rings is 8. The first kappa shape index (κ1) is 119. The fraction of sp³-hybridized carbons (Fsp3) is 0.196. The molecule has 0 saturated carbocycles. The number of aliphatic hydroxyl groups is 1. The normalized spacial score (nSPS) is 12.0. The number of carbonyl (C=O) groups excluding carboxylic acids is 2. The van der Waals surface area contributed by atoms with Gasteiger partial charge < -0.3 is 41.7 Å². The van der Waals surface area contributed by atoms with Gasteiger partial charge in [0.25, 0.3) is 40.1 Å². The Morgan fingerprint density at radius 3 is 1.14 bits per heavy atom. The number of ether oxygens (including phenoxy) is 4. The first-order valence-electron chi connectivity index (χ1n) is 40.7. The van der Waals surface area contributed by atoms with Gasteiger partial charge in [0.2, 0.25) is 11.6 Å². The highest BCUT2D eigenvalue weighted by Crippen LogP contribution is 2.44. The molecule has 0 radical (unpaired) electrons. The van der Waals surface area contributed by atoms with Crippen molar-refractivity contribution < 1.29 is 138 Å². The lowest BCUT2D eigenvalue weighted by atomic mass is 10.0. The molecule has 8 aromatic heterocycles. The van der Waals surface area contributed by atoms with Crippen molar-refractivity contribution in [3.8, 4) is 5.75 Å². The summed E-state index contributed by atoms with van der Waals surface area (Å²) in [4.78, 5) is 95.5. The van der Waals surface area contributed by atoms with Crippen molar-refractivity contribution >= 4 is 194 Å². The van der Waals surface area contributed by atoms with Crippen LogP contribution in [0.3, 0.4) is 0 Å². The quantitative estimate of drug-likeness (QED) is 0.0134. The van der Waals surface area contributed by atoms with E-state index in [1.54, 1.807) is 18.2 Å². The third kappa shape index (κ3) is 26.9. The van der Waals surface area contributed by atoms with Gasteiger partial charge in [-0.2, -0.15) is 52.7 Å². The Bertz CT molecular complexity index is 8490. The summed E-state index contributed by atoms with van der Waals surface area (Å²) in [6.45, 7) is 3.07. The Kier molecular flexibility index (Phi) is 38.0. The van der Waals surface area contributed by atoms with Crippen LogP contribution in [0.25, 0.3) is 44.4 Å². The molecular weight excluding hydrogens is 2250 g/mol. The lowest BCUT2D eigenvalue weighted by Gasteiger charge is -2.27. The molecule has 0 amide bonds. The number of aromatic nitrogens is 8. The van der Waals surface area contributed by atoms with E-state index in [4.69, 9.17) is 83.0 Å². The van der Waals surface area contributed by atoms with E-state index in [2.05, 4.69) is 60.5 Å². The number of para-hydroxylation sites is 4. The van der Waals surface area contributed by atoms with Gasteiger partial charge in [0.1, 0.15) is 42.3 Å². The monoisotopic (exact) mass is 2330 g/mol. The zero-order chi connectivity index (χ0) is 107. The molecule has 149 heavy (non-hydrogen) atoms. The van der Waals surface area contributed by atoms with Crippen LogP contribution in [0.2, 0.25) is 20.1 Å². The zero-order valence-corrected chi connectivity index (χ0v) is 84.4. The number of fused-ring (bicyclic) bond motifs is 4. The molecule has 0 fully saturated rings. The van der Waals surface area contributed by atoms with E-state index in [-0.39, 0.29) is 153 Å². The number of methoxy groups -OCH3 is 4. The van der Waals surface area contributed by atoms with Gasteiger partial charge in [0.05, 0.1) is 131 Å². The van der Waals surface area contributed by atoms with Gasteiger partial charge in [-0.25, -0.2) is 80.7 Å². The van der Waals surface area contributed by atoms with Gasteiger partial charge in [-0.3, -0.25) is 39.2 Å². The summed E-state index contributed by atoms with van der Waals surface area (Å²) in [7, 11) is -13.3. The molecule has 0 aliphatic rings. The third-order valence-electron chi connectivity index (χ3n) is 20.7. The van der Waals surface area contributed by atoms with Gasteiger partial charge in [-0.05, 0) is 181 Å². The fourth-order valence-corrected chi connectivity index (χ4v) is 20.4. The minimum Gasteiger partial charge on any atom is -0.493 e. The molecular formula is C92H78BrCl5F12N12O23S4. The summed E-state index contributed by atoms with van der Waals surface area (Å²) in [5.41, 5.74) is -5.46. The van der Waals surface area contributed by atoms with Gasteiger partial charge in [-0.15, -0.1) is 12.4 Å². The Labute approximate surface area is 869 Å². The molecule has 8 heterocycles. The lowest BCUT2D eigenvalue weighted by Crippen LogP contribution is -2.34. The molecule has 16 aromatic rings. The predicted octanol–water partition coefficient (Wildman–Crippen LogP) is 20.9. The molecule has 0 aliphatic carbocycles. The number of hydrogen-bond acceptors (Lipinski definition) is 27. The summed E-state index contributed by atoms with van der Waals surface area (Å²) in [6, 6.07) is 33.5. The largest absolute Gasteiger partial charge is 0.493 e. The molecule has 16 rings (SSSR count). The number of aliphatic hydroxyl groups excluding tert-OH is 1. The summed E-state index contributed by atoms with van der Waals surface area (Å²) in [6.07, 6.45) is -16.0. The Morgan fingerprint density at radius 2 is 0.732 bits per heavy atom. The average Bonchev–Trinajstić information content (AvgIpc) is 1.68.